The zero-order valence-electron chi connectivity index (χ0n) is 11.3. The molecular formula is C16H10FN3OS. The maximum atomic E-state index is 13.4. The molecule has 1 amide bonds. The van der Waals surface area contributed by atoms with Crippen LogP contribution in [0, 0.1) is 5.82 Å². The minimum Gasteiger partial charge on any atom is -0.325 e. The number of nitrogens with zero attached hydrogens (tertiary/aromatic N) is 2. The number of thiazole rings is 1. The largest absolute Gasteiger partial charge is 0.325 e. The summed E-state index contributed by atoms with van der Waals surface area (Å²) in [5.41, 5.74) is 4.71. The Hall–Kier alpha value is -2.60. The molecule has 1 N–H and O–H groups in total. The van der Waals surface area contributed by atoms with Gasteiger partial charge in [-0.3, -0.25) is 9.79 Å². The number of amides is 1. The molecule has 1 aromatic heterocycles. The van der Waals surface area contributed by atoms with Crippen LogP contribution in [0.15, 0.2) is 46.9 Å². The summed E-state index contributed by atoms with van der Waals surface area (Å²) in [5, 5.41) is 2.73. The first-order chi connectivity index (χ1) is 10.7. The number of anilines is 1. The number of carbonyl (C=O) groups excluding carboxylic acids is 1. The highest BCUT2D eigenvalue weighted by molar-refractivity contribution is 7.16. The first kappa shape index (κ1) is 13.1. The van der Waals surface area contributed by atoms with Crippen molar-refractivity contribution in [2.75, 3.05) is 5.32 Å². The van der Waals surface area contributed by atoms with E-state index in [0.29, 0.717) is 11.3 Å². The average molecular weight is 311 g/mol. The fourth-order valence-electron chi connectivity index (χ4n) is 2.49. The number of hydrogen-bond acceptors (Lipinski definition) is 4. The summed E-state index contributed by atoms with van der Waals surface area (Å²) >= 11 is 1.54. The van der Waals surface area contributed by atoms with E-state index in [1.54, 1.807) is 17.8 Å². The van der Waals surface area contributed by atoms with Crippen molar-refractivity contribution in [1.29, 1.82) is 0 Å². The SMILES string of the molecule is O=C1Nc2ccc(F)cc2C1C=Nc1ccc2ncsc2c1. The van der Waals surface area contributed by atoms with Gasteiger partial charge in [0, 0.05) is 11.9 Å². The number of halogens is 1. The summed E-state index contributed by atoms with van der Waals surface area (Å²) < 4.78 is 14.4. The van der Waals surface area contributed by atoms with Gasteiger partial charge in [0.15, 0.2) is 0 Å². The summed E-state index contributed by atoms with van der Waals surface area (Å²) in [4.78, 5) is 20.6. The zero-order valence-corrected chi connectivity index (χ0v) is 12.1. The summed E-state index contributed by atoms with van der Waals surface area (Å²) in [6.45, 7) is 0. The van der Waals surface area contributed by atoms with Crippen LogP contribution in [0.25, 0.3) is 10.2 Å². The van der Waals surface area contributed by atoms with Gasteiger partial charge in [0.2, 0.25) is 5.91 Å². The van der Waals surface area contributed by atoms with Gasteiger partial charge >= 0.3 is 0 Å². The standard InChI is InChI=1S/C16H10FN3OS/c17-9-1-3-13-11(5-9)12(16(21)20-13)7-18-10-2-4-14-15(6-10)22-8-19-14/h1-8,12H,(H,20,21). The number of carbonyl (C=O) groups is 1. The third-order valence-electron chi connectivity index (χ3n) is 3.58. The smallest absolute Gasteiger partial charge is 0.237 e. The first-order valence-electron chi connectivity index (χ1n) is 6.68. The van der Waals surface area contributed by atoms with Gasteiger partial charge in [-0.1, -0.05) is 0 Å². The molecule has 2 aromatic carbocycles. The van der Waals surface area contributed by atoms with Crippen LogP contribution >= 0.6 is 11.3 Å². The molecule has 108 valence electrons. The van der Waals surface area contributed by atoms with Gasteiger partial charge in [0.25, 0.3) is 0 Å². The van der Waals surface area contributed by atoms with Gasteiger partial charge in [0.1, 0.15) is 11.7 Å². The minimum atomic E-state index is -0.567. The lowest BCUT2D eigenvalue weighted by Gasteiger charge is -2.02. The Bertz CT molecular complexity index is 919. The summed E-state index contributed by atoms with van der Waals surface area (Å²) in [6.07, 6.45) is 1.56. The molecule has 1 aliphatic heterocycles. The second-order valence-corrected chi connectivity index (χ2v) is 5.87. The fourth-order valence-corrected chi connectivity index (χ4v) is 3.20. The Balaban J connectivity index is 1.68. The molecule has 0 bridgehead atoms. The highest BCUT2D eigenvalue weighted by Crippen LogP contribution is 2.32. The lowest BCUT2D eigenvalue weighted by Crippen LogP contribution is -2.12. The average Bonchev–Trinajstić information content (AvgIpc) is 3.08. The third-order valence-corrected chi connectivity index (χ3v) is 4.37. The second kappa shape index (κ2) is 4.99. The summed E-state index contributed by atoms with van der Waals surface area (Å²) in [7, 11) is 0. The molecule has 1 unspecified atom stereocenters. The number of fused-ring (bicyclic) bond motifs is 2. The van der Waals surface area contributed by atoms with E-state index in [0.717, 1.165) is 15.9 Å². The molecule has 4 rings (SSSR count). The lowest BCUT2D eigenvalue weighted by molar-refractivity contribution is -0.115. The lowest BCUT2D eigenvalue weighted by atomic mass is 10.0. The van der Waals surface area contributed by atoms with Gasteiger partial charge in [-0.15, -0.1) is 11.3 Å². The predicted molar refractivity (Wildman–Crippen MR) is 85.5 cm³/mol. The van der Waals surface area contributed by atoms with E-state index in [-0.39, 0.29) is 11.7 Å². The van der Waals surface area contributed by atoms with E-state index in [1.165, 1.54) is 23.5 Å². The quantitative estimate of drug-likeness (QED) is 0.730. The molecule has 22 heavy (non-hydrogen) atoms. The van der Waals surface area contributed by atoms with E-state index >= 15 is 0 Å². The number of aliphatic imine (C=N–C) groups is 1. The van der Waals surface area contributed by atoms with E-state index in [1.807, 2.05) is 18.2 Å². The van der Waals surface area contributed by atoms with Crippen LogP contribution in [0.4, 0.5) is 15.8 Å². The van der Waals surface area contributed by atoms with Gasteiger partial charge in [-0.2, -0.15) is 0 Å². The summed E-state index contributed by atoms with van der Waals surface area (Å²) in [6, 6.07) is 9.92. The third kappa shape index (κ3) is 2.17. The first-order valence-corrected chi connectivity index (χ1v) is 7.56. The van der Waals surface area contributed by atoms with Crippen LogP contribution in [0.1, 0.15) is 11.5 Å². The Morgan fingerprint density at radius 3 is 3.09 bits per heavy atom. The molecule has 1 aliphatic rings. The number of aromatic nitrogens is 1. The molecule has 0 fully saturated rings. The van der Waals surface area contributed by atoms with Crippen molar-refractivity contribution < 1.29 is 9.18 Å². The highest BCUT2D eigenvalue weighted by atomic mass is 32.1. The minimum absolute atomic E-state index is 0.191. The van der Waals surface area contributed by atoms with Gasteiger partial charge in [0.05, 0.1) is 21.4 Å². The molecule has 1 atom stereocenters. The van der Waals surface area contributed by atoms with Crippen molar-refractivity contribution in [2.24, 2.45) is 4.99 Å². The van der Waals surface area contributed by atoms with E-state index in [9.17, 15) is 9.18 Å². The van der Waals surface area contributed by atoms with Crippen molar-refractivity contribution in [3.05, 3.63) is 53.3 Å². The Morgan fingerprint density at radius 1 is 1.27 bits per heavy atom. The number of rotatable bonds is 2. The maximum absolute atomic E-state index is 13.4. The van der Waals surface area contributed by atoms with E-state index < -0.39 is 5.92 Å². The normalized spacial score (nSPS) is 17.1. The van der Waals surface area contributed by atoms with Crippen molar-refractivity contribution in [3.8, 4) is 0 Å². The second-order valence-electron chi connectivity index (χ2n) is 4.98. The van der Waals surface area contributed by atoms with Crippen LogP contribution in [0.3, 0.4) is 0 Å². The van der Waals surface area contributed by atoms with Crippen molar-refractivity contribution in [2.45, 2.75) is 5.92 Å². The monoisotopic (exact) mass is 311 g/mol. The molecular weight excluding hydrogens is 301 g/mol. The van der Waals surface area contributed by atoms with Gasteiger partial charge in [-0.05, 0) is 42.0 Å². The molecule has 3 aromatic rings. The van der Waals surface area contributed by atoms with Gasteiger partial charge in [-0.25, -0.2) is 9.37 Å². The summed E-state index contributed by atoms with van der Waals surface area (Å²) in [5.74, 6) is -1.12. The molecule has 0 saturated heterocycles. The molecule has 0 aliphatic carbocycles. The van der Waals surface area contributed by atoms with Crippen molar-refractivity contribution >= 4 is 45.0 Å². The highest BCUT2D eigenvalue weighted by Gasteiger charge is 2.29. The van der Waals surface area contributed by atoms with Crippen molar-refractivity contribution in [1.82, 2.24) is 4.98 Å². The zero-order chi connectivity index (χ0) is 15.1. The number of hydrogen-bond donors (Lipinski definition) is 1. The predicted octanol–water partition coefficient (Wildman–Crippen LogP) is 3.87. The molecule has 6 heteroatoms. The molecule has 2 heterocycles. The molecule has 0 radical (unpaired) electrons. The molecule has 0 saturated carbocycles. The van der Waals surface area contributed by atoms with Crippen LogP contribution in [-0.2, 0) is 4.79 Å². The van der Waals surface area contributed by atoms with Crippen molar-refractivity contribution in [3.63, 3.8) is 0 Å². The number of nitrogens with one attached hydrogen (secondary N) is 1. The van der Waals surface area contributed by atoms with Crippen LogP contribution in [0.5, 0.6) is 0 Å². The van der Waals surface area contributed by atoms with E-state index in [2.05, 4.69) is 15.3 Å². The van der Waals surface area contributed by atoms with Crippen LogP contribution in [-0.4, -0.2) is 17.1 Å². The van der Waals surface area contributed by atoms with Crippen LogP contribution < -0.4 is 5.32 Å². The maximum Gasteiger partial charge on any atom is 0.237 e. The Kier molecular flexibility index (Phi) is 2.97. The Labute approximate surface area is 129 Å². The number of benzene rings is 2. The van der Waals surface area contributed by atoms with Gasteiger partial charge < -0.3 is 5.32 Å². The molecule has 0 spiro atoms. The molecule has 4 nitrogen and oxygen atoms in total. The van der Waals surface area contributed by atoms with Crippen LogP contribution in [0.2, 0.25) is 0 Å². The topological polar surface area (TPSA) is 54.4 Å². The van der Waals surface area contributed by atoms with E-state index in [4.69, 9.17) is 0 Å². The fraction of sp³-hybridized carbons (Fsp3) is 0.0625. The Morgan fingerprint density at radius 2 is 2.18 bits per heavy atom.